The fraction of sp³-hybridized carbons (Fsp3) is 0.0526. The van der Waals surface area contributed by atoms with Gasteiger partial charge in [0, 0.05) is 16.9 Å². The van der Waals surface area contributed by atoms with E-state index < -0.39 is 0 Å². The van der Waals surface area contributed by atoms with Crippen LogP contribution in [0, 0.1) is 0 Å². The third kappa shape index (κ3) is 4.12. The molecule has 0 saturated heterocycles. The highest BCUT2D eigenvalue weighted by atomic mass is 79.9. The van der Waals surface area contributed by atoms with Crippen LogP contribution in [0.3, 0.4) is 0 Å². The highest BCUT2D eigenvalue weighted by molar-refractivity contribution is 9.10. The van der Waals surface area contributed by atoms with Gasteiger partial charge in [-0.1, -0.05) is 6.07 Å². The largest absolute Gasteiger partial charge is 0.496 e. The summed E-state index contributed by atoms with van der Waals surface area (Å²) in [7, 11) is 1.56. The first-order valence-corrected chi connectivity index (χ1v) is 8.46. The number of nitrogens with one attached hydrogen (secondary N) is 2. The Kier molecular flexibility index (Phi) is 5.38. The van der Waals surface area contributed by atoms with Crippen LogP contribution in [0.25, 0.3) is 0 Å². The number of halogens is 1. The minimum atomic E-state index is -0.363. The van der Waals surface area contributed by atoms with Gasteiger partial charge >= 0.3 is 0 Å². The van der Waals surface area contributed by atoms with Crippen molar-refractivity contribution in [2.24, 2.45) is 0 Å². The Morgan fingerprint density at radius 3 is 2.31 bits per heavy atom. The smallest absolute Gasteiger partial charge is 0.291 e. The van der Waals surface area contributed by atoms with Gasteiger partial charge in [0.1, 0.15) is 5.75 Å². The van der Waals surface area contributed by atoms with Gasteiger partial charge in [-0.25, -0.2) is 0 Å². The average molecular weight is 415 g/mol. The molecule has 2 aromatic carbocycles. The summed E-state index contributed by atoms with van der Waals surface area (Å²) in [6, 6.07) is 15.1. The molecule has 0 spiro atoms. The van der Waals surface area contributed by atoms with Crippen molar-refractivity contribution in [2.45, 2.75) is 0 Å². The molecule has 2 N–H and O–H groups in total. The van der Waals surface area contributed by atoms with Crippen LogP contribution in [-0.4, -0.2) is 18.9 Å². The summed E-state index contributed by atoms with van der Waals surface area (Å²) in [5.74, 6) is 0.215. The Balaban J connectivity index is 1.71. The van der Waals surface area contributed by atoms with E-state index in [-0.39, 0.29) is 17.6 Å². The summed E-state index contributed by atoms with van der Waals surface area (Å²) >= 11 is 3.36. The molecule has 132 valence electrons. The van der Waals surface area contributed by atoms with Gasteiger partial charge in [-0.2, -0.15) is 0 Å². The molecule has 0 aliphatic rings. The summed E-state index contributed by atoms with van der Waals surface area (Å²) < 4.78 is 10.9. The normalized spacial score (nSPS) is 10.2. The molecule has 7 heteroatoms. The predicted molar refractivity (Wildman–Crippen MR) is 102 cm³/mol. The number of hydrogen-bond donors (Lipinski definition) is 2. The van der Waals surface area contributed by atoms with Crippen molar-refractivity contribution in [3.63, 3.8) is 0 Å². The maximum Gasteiger partial charge on any atom is 0.291 e. The molecular formula is C19H15BrN2O4. The molecule has 0 aliphatic heterocycles. The first-order chi connectivity index (χ1) is 12.6. The number of furan rings is 1. The number of carbonyl (C=O) groups is 2. The number of methoxy groups -OCH3 is 1. The van der Waals surface area contributed by atoms with Crippen LogP contribution in [0.1, 0.15) is 20.9 Å². The maximum atomic E-state index is 12.4. The van der Waals surface area contributed by atoms with Crippen LogP contribution in [0.2, 0.25) is 0 Å². The summed E-state index contributed by atoms with van der Waals surface area (Å²) in [6.07, 6.45) is 1.43. The molecule has 6 nitrogen and oxygen atoms in total. The maximum absolute atomic E-state index is 12.4. The molecule has 0 unspecified atom stereocenters. The van der Waals surface area contributed by atoms with Crippen LogP contribution < -0.4 is 15.4 Å². The first-order valence-electron chi connectivity index (χ1n) is 7.66. The number of amides is 2. The molecule has 0 radical (unpaired) electrons. The van der Waals surface area contributed by atoms with Crippen molar-refractivity contribution in [3.05, 3.63) is 76.7 Å². The van der Waals surface area contributed by atoms with E-state index in [2.05, 4.69) is 26.6 Å². The van der Waals surface area contributed by atoms with Crippen molar-refractivity contribution in [1.29, 1.82) is 0 Å². The van der Waals surface area contributed by atoms with Gasteiger partial charge in [0.15, 0.2) is 5.76 Å². The third-order valence-electron chi connectivity index (χ3n) is 3.54. The minimum absolute atomic E-state index is 0.211. The fourth-order valence-corrected chi connectivity index (χ4v) is 2.83. The molecule has 1 aromatic heterocycles. The van der Waals surface area contributed by atoms with Crippen molar-refractivity contribution in [1.82, 2.24) is 0 Å². The lowest BCUT2D eigenvalue weighted by atomic mass is 10.2. The first kappa shape index (κ1) is 17.8. The number of anilines is 2. The Hall–Kier alpha value is -3.06. The Morgan fingerprint density at radius 1 is 0.962 bits per heavy atom. The molecule has 26 heavy (non-hydrogen) atoms. The zero-order valence-corrected chi connectivity index (χ0v) is 15.4. The zero-order valence-electron chi connectivity index (χ0n) is 13.8. The fourth-order valence-electron chi connectivity index (χ4n) is 2.29. The summed E-state index contributed by atoms with van der Waals surface area (Å²) in [4.78, 5) is 24.4. The van der Waals surface area contributed by atoms with Gasteiger partial charge in [0.25, 0.3) is 11.8 Å². The lowest BCUT2D eigenvalue weighted by Gasteiger charge is -2.09. The van der Waals surface area contributed by atoms with E-state index in [1.54, 1.807) is 61.7 Å². The third-order valence-corrected chi connectivity index (χ3v) is 4.16. The van der Waals surface area contributed by atoms with E-state index in [1.165, 1.54) is 6.26 Å². The van der Waals surface area contributed by atoms with Crippen LogP contribution >= 0.6 is 15.9 Å². The lowest BCUT2D eigenvalue weighted by Crippen LogP contribution is -2.13. The molecular weight excluding hydrogens is 400 g/mol. The second kappa shape index (κ2) is 7.88. The molecule has 3 aromatic rings. The number of hydrogen-bond acceptors (Lipinski definition) is 4. The Bertz CT molecular complexity index is 938. The van der Waals surface area contributed by atoms with Gasteiger partial charge in [-0.05, 0) is 64.5 Å². The lowest BCUT2D eigenvalue weighted by molar-refractivity contribution is 0.0995. The zero-order chi connectivity index (χ0) is 18.5. The van der Waals surface area contributed by atoms with E-state index in [0.717, 1.165) is 0 Å². The molecule has 2 amide bonds. The van der Waals surface area contributed by atoms with E-state index in [0.29, 0.717) is 27.2 Å². The summed E-state index contributed by atoms with van der Waals surface area (Å²) in [5, 5.41) is 5.51. The number of carbonyl (C=O) groups excluding carboxylic acids is 2. The highest BCUT2D eigenvalue weighted by Gasteiger charge is 2.11. The molecule has 0 bridgehead atoms. The second-order valence-electron chi connectivity index (χ2n) is 5.32. The van der Waals surface area contributed by atoms with Crippen LogP contribution in [0.5, 0.6) is 5.75 Å². The number of benzene rings is 2. The molecule has 3 rings (SSSR count). The van der Waals surface area contributed by atoms with Crippen molar-refractivity contribution < 1.29 is 18.7 Å². The van der Waals surface area contributed by atoms with Crippen LogP contribution in [0.15, 0.2) is 69.8 Å². The standard InChI is InChI=1S/C19H15BrN2O4/c1-25-16-8-7-12(10-15(16)20)18(23)21-13-4-2-5-14(11-13)22-19(24)17-6-3-9-26-17/h2-11H,1H3,(H,21,23)(H,22,24). The highest BCUT2D eigenvalue weighted by Crippen LogP contribution is 2.26. The van der Waals surface area contributed by atoms with Gasteiger partial charge in [0.05, 0.1) is 17.8 Å². The van der Waals surface area contributed by atoms with Gasteiger partial charge < -0.3 is 19.8 Å². The van der Waals surface area contributed by atoms with E-state index in [1.807, 2.05) is 0 Å². The van der Waals surface area contributed by atoms with E-state index in [9.17, 15) is 9.59 Å². The predicted octanol–water partition coefficient (Wildman–Crippen LogP) is 4.56. The monoisotopic (exact) mass is 414 g/mol. The van der Waals surface area contributed by atoms with E-state index >= 15 is 0 Å². The van der Waals surface area contributed by atoms with Crippen molar-refractivity contribution >= 4 is 39.1 Å². The Morgan fingerprint density at radius 2 is 1.69 bits per heavy atom. The van der Waals surface area contributed by atoms with Crippen LogP contribution in [-0.2, 0) is 0 Å². The van der Waals surface area contributed by atoms with Crippen LogP contribution in [0.4, 0.5) is 11.4 Å². The van der Waals surface area contributed by atoms with Gasteiger partial charge in [0.2, 0.25) is 0 Å². The average Bonchev–Trinajstić information content (AvgIpc) is 3.16. The van der Waals surface area contributed by atoms with Gasteiger partial charge in [-0.3, -0.25) is 9.59 Å². The summed E-state index contributed by atoms with van der Waals surface area (Å²) in [5.41, 5.74) is 1.57. The SMILES string of the molecule is COc1ccc(C(=O)Nc2cccc(NC(=O)c3ccco3)c2)cc1Br. The minimum Gasteiger partial charge on any atom is -0.496 e. The molecule has 0 fully saturated rings. The number of ether oxygens (including phenoxy) is 1. The van der Waals surface area contributed by atoms with E-state index in [4.69, 9.17) is 9.15 Å². The van der Waals surface area contributed by atoms with Crippen molar-refractivity contribution in [2.75, 3.05) is 17.7 Å². The van der Waals surface area contributed by atoms with Crippen molar-refractivity contribution in [3.8, 4) is 5.75 Å². The quantitative estimate of drug-likeness (QED) is 0.641. The molecule has 0 atom stereocenters. The summed E-state index contributed by atoms with van der Waals surface area (Å²) in [6.45, 7) is 0. The second-order valence-corrected chi connectivity index (χ2v) is 6.17. The Labute approximate surface area is 158 Å². The molecule has 1 heterocycles. The molecule has 0 aliphatic carbocycles. The molecule has 0 saturated carbocycles. The van der Waals surface area contributed by atoms with Gasteiger partial charge in [-0.15, -0.1) is 0 Å². The number of rotatable bonds is 5. The topological polar surface area (TPSA) is 80.6 Å².